The first-order valence-corrected chi connectivity index (χ1v) is 9.58. The molecule has 0 spiro atoms. The summed E-state index contributed by atoms with van der Waals surface area (Å²) >= 11 is 0. The second kappa shape index (κ2) is 7.40. The quantitative estimate of drug-likeness (QED) is 0.427. The maximum Gasteiger partial charge on any atom is 0.405 e. The van der Waals surface area contributed by atoms with E-state index < -0.39 is 22.5 Å². The molecule has 0 radical (unpaired) electrons. The van der Waals surface area contributed by atoms with Crippen LogP contribution in [0.4, 0.5) is 0 Å². The van der Waals surface area contributed by atoms with Gasteiger partial charge in [-0.1, -0.05) is 65.2 Å². The fourth-order valence-electron chi connectivity index (χ4n) is 2.80. The second-order valence-electron chi connectivity index (χ2n) is 6.61. The summed E-state index contributed by atoms with van der Waals surface area (Å²) < 4.78 is 36.7. The summed E-state index contributed by atoms with van der Waals surface area (Å²) in [4.78, 5) is 0. The molecule has 2 saturated heterocycles. The van der Waals surface area contributed by atoms with E-state index >= 15 is 0 Å². The molecule has 2 unspecified atom stereocenters. The minimum absolute atomic E-state index is 0.602. The lowest BCUT2D eigenvalue weighted by Gasteiger charge is -2.06. The average molecular weight is 320 g/mol. The number of hydrogen-bond donors (Lipinski definition) is 0. The summed E-state index contributed by atoms with van der Waals surface area (Å²) in [5.74, 6) is -0.154. The normalized spacial score (nSPS) is 29.8. The maximum absolute atomic E-state index is 11.1. The van der Waals surface area contributed by atoms with Crippen LogP contribution in [0.2, 0.25) is 0 Å². The first kappa shape index (κ1) is 17.2. The van der Waals surface area contributed by atoms with Gasteiger partial charge >= 0.3 is 10.4 Å². The topological polar surface area (TPSA) is 65.1 Å². The van der Waals surface area contributed by atoms with Crippen molar-refractivity contribution in [3.63, 3.8) is 0 Å². The van der Waals surface area contributed by atoms with E-state index in [9.17, 15) is 8.42 Å². The Labute approximate surface area is 128 Å². The minimum atomic E-state index is -3.80. The van der Waals surface area contributed by atoms with Gasteiger partial charge in [-0.2, -0.15) is 8.42 Å². The molecule has 2 heterocycles. The lowest BCUT2D eigenvalue weighted by Crippen LogP contribution is -2.15. The zero-order valence-corrected chi connectivity index (χ0v) is 14.0. The number of hydrogen-bond acceptors (Lipinski definition) is 5. The predicted octanol–water partition coefficient (Wildman–Crippen LogP) is 3.89. The number of fused-ring (bicyclic) bond motifs is 1. The summed E-state index contributed by atoms with van der Waals surface area (Å²) in [6, 6.07) is 0. The summed E-state index contributed by atoms with van der Waals surface area (Å²) in [5.41, 5.74) is 0. The maximum atomic E-state index is 11.1. The van der Waals surface area contributed by atoms with Gasteiger partial charge in [0.2, 0.25) is 12.1 Å². The van der Waals surface area contributed by atoms with Crippen LogP contribution in [0.25, 0.3) is 0 Å². The molecule has 0 aromatic carbocycles. The Balaban J connectivity index is 1.40. The molecule has 0 aromatic rings. The molecule has 6 heteroatoms. The zero-order valence-electron chi connectivity index (χ0n) is 13.2. The number of ether oxygens (including phenoxy) is 1. The highest BCUT2D eigenvalue weighted by Gasteiger charge is 2.69. The molecule has 2 aliphatic heterocycles. The highest BCUT2D eigenvalue weighted by atomic mass is 32.3. The van der Waals surface area contributed by atoms with Gasteiger partial charge in [0.05, 0.1) is 0 Å². The molecule has 0 N–H and O–H groups in total. The van der Waals surface area contributed by atoms with E-state index in [1.807, 2.05) is 0 Å². The molecule has 0 aliphatic carbocycles. The van der Waals surface area contributed by atoms with Gasteiger partial charge in [-0.3, -0.25) is 0 Å². The van der Waals surface area contributed by atoms with Gasteiger partial charge in [-0.05, 0) is 12.3 Å². The van der Waals surface area contributed by atoms with Crippen LogP contribution in [0.1, 0.15) is 78.1 Å². The van der Waals surface area contributed by atoms with E-state index in [1.165, 1.54) is 44.9 Å². The summed E-state index contributed by atoms with van der Waals surface area (Å²) in [5, 5.41) is 0. The van der Waals surface area contributed by atoms with E-state index in [4.69, 9.17) is 8.92 Å². The largest absolute Gasteiger partial charge is 0.405 e. The van der Waals surface area contributed by atoms with E-state index in [2.05, 4.69) is 18.0 Å². The smallest absolute Gasteiger partial charge is 0.308 e. The average Bonchev–Trinajstić information content (AvgIpc) is 2.93. The van der Waals surface area contributed by atoms with Gasteiger partial charge in [0.1, 0.15) is 0 Å². The minimum Gasteiger partial charge on any atom is -0.308 e. The van der Waals surface area contributed by atoms with Gasteiger partial charge in [0.25, 0.3) is 0 Å². The molecule has 0 saturated carbocycles. The van der Waals surface area contributed by atoms with Crippen LogP contribution in [0.5, 0.6) is 0 Å². The van der Waals surface area contributed by atoms with E-state index in [0.29, 0.717) is 6.42 Å². The van der Waals surface area contributed by atoms with E-state index in [-0.39, 0.29) is 0 Å². The Morgan fingerprint density at radius 1 is 0.952 bits per heavy atom. The Hall–Kier alpha value is -0.170. The van der Waals surface area contributed by atoms with Crippen LogP contribution < -0.4 is 0 Å². The van der Waals surface area contributed by atoms with Crippen molar-refractivity contribution < 1.29 is 21.5 Å². The third kappa shape index (κ3) is 5.51. The number of rotatable bonds is 11. The zero-order chi connectivity index (χ0) is 15.3. The molecule has 2 atom stereocenters. The standard InChI is InChI=1S/C15H28O5S/c1-13(2)11-9-7-5-3-4-6-8-10-12-15-14(18-15)19-21(16,17)20-15/h13-14H,3-12H2,1-2H3. The second-order valence-corrected chi connectivity index (χ2v) is 7.79. The fraction of sp³-hybridized carbons (Fsp3) is 1.00. The van der Waals surface area contributed by atoms with Crippen LogP contribution in [-0.2, 0) is 23.5 Å². The molecule has 5 nitrogen and oxygen atoms in total. The SMILES string of the molecule is CC(C)CCCCCCCCCCC12OC1OS(=O)(=O)O2. The molecule has 2 rings (SSSR count). The van der Waals surface area contributed by atoms with Crippen LogP contribution in [0.3, 0.4) is 0 Å². The Morgan fingerprint density at radius 2 is 1.52 bits per heavy atom. The molecule has 124 valence electrons. The Morgan fingerprint density at radius 3 is 2.05 bits per heavy atom. The Bertz CT molecular complexity index is 420. The lowest BCUT2D eigenvalue weighted by molar-refractivity contribution is 0.0375. The van der Waals surface area contributed by atoms with Crippen LogP contribution in [0, 0.1) is 5.92 Å². The third-order valence-electron chi connectivity index (χ3n) is 4.11. The number of epoxide rings is 1. The van der Waals surface area contributed by atoms with Crippen LogP contribution >= 0.6 is 0 Å². The highest BCUT2D eigenvalue weighted by Crippen LogP contribution is 2.50. The van der Waals surface area contributed by atoms with E-state index in [0.717, 1.165) is 18.8 Å². The van der Waals surface area contributed by atoms with Crippen molar-refractivity contribution in [2.75, 3.05) is 0 Å². The van der Waals surface area contributed by atoms with Crippen molar-refractivity contribution in [2.45, 2.75) is 90.1 Å². The molecule has 0 aromatic heterocycles. The van der Waals surface area contributed by atoms with Gasteiger partial charge in [0.15, 0.2) is 0 Å². The van der Waals surface area contributed by atoms with Gasteiger partial charge in [-0.25, -0.2) is 8.37 Å². The van der Waals surface area contributed by atoms with Crippen molar-refractivity contribution in [1.82, 2.24) is 0 Å². The van der Waals surface area contributed by atoms with Gasteiger partial charge < -0.3 is 4.74 Å². The van der Waals surface area contributed by atoms with Crippen molar-refractivity contribution >= 4 is 10.4 Å². The van der Waals surface area contributed by atoms with Crippen molar-refractivity contribution in [3.05, 3.63) is 0 Å². The molecule has 2 aliphatic rings. The highest BCUT2D eigenvalue weighted by molar-refractivity contribution is 7.82. The van der Waals surface area contributed by atoms with Crippen LogP contribution in [-0.4, -0.2) is 20.5 Å². The number of unbranched alkanes of at least 4 members (excludes halogenated alkanes) is 7. The molecular formula is C15H28O5S. The molecule has 0 amide bonds. The summed E-state index contributed by atoms with van der Waals surface area (Å²) in [6.07, 6.45) is 11.0. The van der Waals surface area contributed by atoms with Crippen molar-refractivity contribution in [1.29, 1.82) is 0 Å². The Kier molecular flexibility index (Phi) is 6.05. The van der Waals surface area contributed by atoms with Crippen molar-refractivity contribution in [3.8, 4) is 0 Å². The summed E-state index contributed by atoms with van der Waals surface area (Å²) in [7, 11) is -3.80. The van der Waals surface area contributed by atoms with Crippen LogP contribution in [0.15, 0.2) is 0 Å². The lowest BCUT2D eigenvalue weighted by atomic mass is 10.0. The molecule has 0 bridgehead atoms. The monoisotopic (exact) mass is 320 g/mol. The van der Waals surface area contributed by atoms with Gasteiger partial charge in [0, 0.05) is 6.42 Å². The van der Waals surface area contributed by atoms with Gasteiger partial charge in [-0.15, -0.1) is 0 Å². The first-order valence-electron chi connectivity index (χ1n) is 8.25. The fourth-order valence-corrected chi connectivity index (χ4v) is 3.79. The molecular weight excluding hydrogens is 292 g/mol. The van der Waals surface area contributed by atoms with Crippen molar-refractivity contribution in [2.24, 2.45) is 5.92 Å². The third-order valence-corrected chi connectivity index (χ3v) is 5.01. The molecule has 21 heavy (non-hydrogen) atoms. The predicted molar refractivity (Wildman–Crippen MR) is 79.7 cm³/mol. The molecule has 2 fully saturated rings. The van der Waals surface area contributed by atoms with E-state index in [1.54, 1.807) is 0 Å². The summed E-state index contributed by atoms with van der Waals surface area (Å²) in [6.45, 7) is 4.55. The first-order chi connectivity index (χ1) is 9.94.